The second-order valence-corrected chi connectivity index (χ2v) is 13.3. The summed E-state index contributed by atoms with van der Waals surface area (Å²) >= 11 is 0. The van der Waals surface area contributed by atoms with Crippen LogP contribution in [0, 0.1) is 10.1 Å². The first-order valence-electron chi connectivity index (χ1n) is 12.4. The van der Waals surface area contributed by atoms with Gasteiger partial charge in [0.2, 0.25) is 5.95 Å². The summed E-state index contributed by atoms with van der Waals surface area (Å²) in [6, 6.07) is 11.0. The van der Waals surface area contributed by atoms with E-state index in [9.17, 15) is 14.7 Å². The van der Waals surface area contributed by atoms with Crippen molar-refractivity contribution in [2.45, 2.75) is 0 Å². The van der Waals surface area contributed by atoms with Gasteiger partial charge in [-0.1, -0.05) is 18.2 Å². The largest absolute Gasteiger partial charge is 0.494 e. The number of nitro groups is 1. The molecule has 12 heteroatoms. The summed E-state index contributed by atoms with van der Waals surface area (Å²) in [4.78, 5) is 24.6. The highest BCUT2D eigenvalue weighted by atomic mass is 31.2. The molecule has 1 N–H and O–H groups in total. The van der Waals surface area contributed by atoms with Gasteiger partial charge in [-0.15, -0.1) is 0 Å². The number of likely N-dealkylation sites (N-methyl/N-ethyl adjacent to an activating group) is 2. The van der Waals surface area contributed by atoms with Crippen molar-refractivity contribution >= 4 is 46.4 Å². The molecular formula is C27H34N7O4P. The van der Waals surface area contributed by atoms with Crippen molar-refractivity contribution in [3.63, 3.8) is 0 Å². The van der Waals surface area contributed by atoms with Gasteiger partial charge in [-0.05, 0) is 33.5 Å². The van der Waals surface area contributed by atoms with E-state index in [-0.39, 0.29) is 11.6 Å². The number of nitro benzene ring substituents is 1. The summed E-state index contributed by atoms with van der Waals surface area (Å²) in [5.41, 5.74) is 3.10. The van der Waals surface area contributed by atoms with E-state index >= 15 is 0 Å². The van der Waals surface area contributed by atoms with E-state index in [4.69, 9.17) is 9.72 Å². The van der Waals surface area contributed by atoms with Crippen LogP contribution in [0.2, 0.25) is 0 Å². The summed E-state index contributed by atoms with van der Waals surface area (Å²) < 4.78 is 20.8. The van der Waals surface area contributed by atoms with Gasteiger partial charge in [0.05, 0.1) is 28.7 Å². The smallest absolute Gasteiger partial charge is 0.294 e. The van der Waals surface area contributed by atoms with Gasteiger partial charge in [-0.3, -0.25) is 10.1 Å². The van der Waals surface area contributed by atoms with Crippen molar-refractivity contribution in [2.75, 3.05) is 64.9 Å². The van der Waals surface area contributed by atoms with Crippen LogP contribution < -0.4 is 20.3 Å². The number of rotatable bonds is 10. The molecule has 0 aliphatic rings. The molecule has 0 saturated carbocycles. The highest BCUT2D eigenvalue weighted by Crippen LogP contribution is 2.42. The van der Waals surface area contributed by atoms with Crippen molar-refractivity contribution in [2.24, 2.45) is 7.05 Å². The van der Waals surface area contributed by atoms with Gasteiger partial charge in [0.15, 0.2) is 0 Å². The Morgan fingerprint density at radius 3 is 2.51 bits per heavy atom. The van der Waals surface area contributed by atoms with E-state index in [0.717, 1.165) is 23.0 Å². The summed E-state index contributed by atoms with van der Waals surface area (Å²) in [6.45, 7) is 4.69. The molecule has 0 amide bonds. The van der Waals surface area contributed by atoms with Crippen LogP contribution in [0.5, 0.6) is 5.75 Å². The van der Waals surface area contributed by atoms with E-state index in [1.54, 1.807) is 25.6 Å². The summed E-state index contributed by atoms with van der Waals surface area (Å²) in [7, 11) is 6.42. The van der Waals surface area contributed by atoms with Crippen molar-refractivity contribution < 1.29 is 14.2 Å². The molecule has 0 fully saturated rings. The van der Waals surface area contributed by atoms with E-state index < -0.39 is 12.1 Å². The molecule has 0 saturated heterocycles. The molecule has 0 bridgehead atoms. The molecule has 0 aliphatic carbocycles. The van der Waals surface area contributed by atoms with Gasteiger partial charge in [-0.25, -0.2) is 9.97 Å². The van der Waals surface area contributed by atoms with Crippen molar-refractivity contribution in [1.82, 2.24) is 19.4 Å². The Hall–Kier alpha value is -3.95. The normalized spacial score (nSPS) is 11.7. The van der Waals surface area contributed by atoms with Gasteiger partial charge in [0.1, 0.15) is 18.6 Å². The van der Waals surface area contributed by atoms with Crippen LogP contribution in [0.3, 0.4) is 0 Å². The highest BCUT2D eigenvalue weighted by Gasteiger charge is 2.25. The number of nitrogens with one attached hydrogen (secondary N) is 1. The molecule has 2 heterocycles. The Labute approximate surface area is 227 Å². The van der Waals surface area contributed by atoms with Crippen molar-refractivity contribution in [3.8, 4) is 17.0 Å². The number of anilines is 3. The fraction of sp³-hybridized carbons (Fsp3) is 0.333. The van der Waals surface area contributed by atoms with Crippen LogP contribution in [-0.4, -0.2) is 79.0 Å². The number of benzene rings is 2. The molecule has 0 spiro atoms. The second-order valence-electron chi connectivity index (χ2n) is 10.1. The molecule has 0 radical (unpaired) electrons. The van der Waals surface area contributed by atoms with Gasteiger partial charge < -0.3 is 29.0 Å². The number of aryl methyl sites for hydroxylation is 1. The summed E-state index contributed by atoms with van der Waals surface area (Å²) in [5.74, 6) is 0.611. The average Bonchev–Trinajstić information content (AvgIpc) is 3.22. The fourth-order valence-corrected chi connectivity index (χ4v) is 5.44. The number of ether oxygens (including phenoxy) is 1. The number of hydrogen-bond acceptors (Lipinski definition) is 9. The van der Waals surface area contributed by atoms with Gasteiger partial charge in [0, 0.05) is 68.2 Å². The minimum Gasteiger partial charge on any atom is -0.494 e. The maximum Gasteiger partial charge on any atom is 0.294 e. The third-order valence-corrected chi connectivity index (χ3v) is 8.02. The van der Waals surface area contributed by atoms with Crippen LogP contribution >= 0.6 is 7.14 Å². The van der Waals surface area contributed by atoms with Crippen LogP contribution in [0.15, 0.2) is 48.8 Å². The Bertz CT molecular complexity index is 1580. The van der Waals surface area contributed by atoms with E-state index in [2.05, 4.69) is 10.3 Å². The summed E-state index contributed by atoms with van der Waals surface area (Å²) in [5, 5.41) is 16.7. The van der Waals surface area contributed by atoms with Gasteiger partial charge in [-0.2, -0.15) is 0 Å². The Morgan fingerprint density at radius 2 is 1.87 bits per heavy atom. The van der Waals surface area contributed by atoms with Crippen LogP contribution in [-0.2, 0) is 11.6 Å². The topological polar surface area (TPSA) is 119 Å². The van der Waals surface area contributed by atoms with Crippen LogP contribution in [0.1, 0.15) is 0 Å². The quantitative estimate of drug-likeness (QED) is 0.172. The van der Waals surface area contributed by atoms with Crippen molar-refractivity contribution in [3.05, 3.63) is 58.9 Å². The summed E-state index contributed by atoms with van der Waals surface area (Å²) in [6.07, 6.45) is 3.53. The lowest BCUT2D eigenvalue weighted by Gasteiger charge is -2.23. The molecule has 4 aromatic rings. The number of nitrogens with zero attached hydrogens (tertiary/aromatic N) is 6. The number of aromatic nitrogens is 3. The number of fused-ring (bicyclic) bond motifs is 1. The number of para-hydroxylation sites is 1. The molecule has 0 atom stereocenters. The van der Waals surface area contributed by atoms with Crippen LogP contribution in [0.25, 0.3) is 22.2 Å². The first kappa shape index (κ1) is 28.1. The van der Waals surface area contributed by atoms with Crippen molar-refractivity contribution in [1.29, 1.82) is 0 Å². The molecule has 2 aromatic heterocycles. The molecule has 4 rings (SSSR count). The Kier molecular flexibility index (Phi) is 7.94. The molecular weight excluding hydrogens is 517 g/mol. The van der Waals surface area contributed by atoms with Gasteiger partial charge in [0.25, 0.3) is 5.69 Å². The number of methoxy groups -OCH3 is 1. The zero-order valence-electron chi connectivity index (χ0n) is 23.3. The number of hydrogen-bond donors (Lipinski definition) is 1. The maximum absolute atomic E-state index is 13.2. The zero-order valence-corrected chi connectivity index (χ0v) is 24.2. The average molecular weight is 552 g/mol. The Morgan fingerprint density at radius 1 is 1.15 bits per heavy atom. The minimum absolute atomic E-state index is 0.0722. The standard InChI is InChI=1S/C27H34N7O4P/c1-31(2)12-13-32(3)22-15-24(38-5)20(14-23(22)34(35)36)29-27-28-16-25(39(6,7)37)26(30-27)19-17-33(4)21-11-9-8-10-18(19)21/h8-11,14-17H,12-13H2,1-7H3,(H,28,29,30). The lowest BCUT2D eigenvalue weighted by atomic mass is 10.1. The second kappa shape index (κ2) is 11.0. The first-order chi connectivity index (χ1) is 18.4. The molecule has 39 heavy (non-hydrogen) atoms. The predicted molar refractivity (Wildman–Crippen MR) is 158 cm³/mol. The molecule has 2 aromatic carbocycles. The molecule has 206 valence electrons. The third kappa shape index (κ3) is 5.89. The van der Waals surface area contributed by atoms with E-state index in [1.807, 2.05) is 73.0 Å². The first-order valence-corrected chi connectivity index (χ1v) is 15.0. The SMILES string of the molecule is COc1cc(N(C)CCN(C)C)c([N+](=O)[O-])cc1Nc1ncc(P(C)(C)=O)c(-c2cn(C)c3ccccc23)n1. The highest BCUT2D eigenvalue weighted by molar-refractivity contribution is 7.70. The van der Waals surface area contributed by atoms with E-state index in [1.165, 1.54) is 13.2 Å². The lowest BCUT2D eigenvalue weighted by Crippen LogP contribution is -2.29. The monoisotopic (exact) mass is 551 g/mol. The Balaban J connectivity index is 1.81. The molecule has 11 nitrogen and oxygen atoms in total. The lowest BCUT2D eigenvalue weighted by molar-refractivity contribution is -0.384. The molecule has 0 unspecified atom stereocenters. The van der Waals surface area contributed by atoms with Crippen LogP contribution in [0.4, 0.5) is 23.0 Å². The van der Waals surface area contributed by atoms with E-state index in [0.29, 0.717) is 34.7 Å². The minimum atomic E-state index is -2.74. The third-order valence-electron chi connectivity index (χ3n) is 6.54. The maximum atomic E-state index is 13.2. The fourth-order valence-electron chi connectivity index (χ4n) is 4.43. The zero-order chi connectivity index (χ0) is 28.5. The molecule has 0 aliphatic heterocycles. The van der Waals surface area contributed by atoms with Gasteiger partial charge >= 0.3 is 0 Å². The predicted octanol–water partition coefficient (Wildman–Crippen LogP) is 4.54.